The van der Waals surface area contributed by atoms with Crippen molar-refractivity contribution < 1.29 is 8.83 Å². The number of rotatable bonds is 5. The highest BCUT2D eigenvalue weighted by Gasteiger charge is 2.20. The van der Waals surface area contributed by atoms with Crippen molar-refractivity contribution in [1.29, 1.82) is 0 Å². The molecule has 0 atom stereocenters. The van der Waals surface area contributed by atoms with E-state index in [1.165, 1.54) is 5.39 Å². The summed E-state index contributed by atoms with van der Waals surface area (Å²) in [7, 11) is 0. The Bertz CT molecular complexity index is 3940. The van der Waals surface area contributed by atoms with Gasteiger partial charge in [-0.05, 0) is 109 Å². The summed E-state index contributed by atoms with van der Waals surface area (Å²) < 4.78 is 12.6. The Morgan fingerprint density at radius 3 is 1.71 bits per heavy atom. The van der Waals surface area contributed by atoms with Crippen LogP contribution >= 0.6 is 0 Å². The van der Waals surface area contributed by atoms with E-state index in [2.05, 4.69) is 170 Å². The van der Waals surface area contributed by atoms with Crippen LogP contribution in [0, 0.1) is 0 Å². The van der Waals surface area contributed by atoms with Gasteiger partial charge in [-0.3, -0.25) is 0 Å². The molecule has 13 aromatic rings. The van der Waals surface area contributed by atoms with Crippen LogP contribution in [-0.4, -0.2) is 15.0 Å². The molecule has 0 radical (unpaired) electrons. The summed E-state index contributed by atoms with van der Waals surface area (Å²) in [6.45, 7) is 0. The average Bonchev–Trinajstić information content (AvgIpc) is 3.90. The predicted octanol–water partition coefficient (Wildman–Crippen LogP) is 15.5. The second-order valence-corrected chi connectivity index (χ2v) is 15.9. The predicted molar refractivity (Wildman–Crippen MR) is 254 cm³/mol. The van der Waals surface area contributed by atoms with Crippen molar-refractivity contribution in [3.63, 3.8) is 0 Å². The Morgan fingerprint density at radius 2 is 0.871 bits per heavy atom. The maximum Gasteiger partial charge on any atom is 0.164 e. The molecule has 0 aliphatic heterocycles. The van der Waals surface area contributed by atoms with Gasteiger partial charge in [0.1, 0.15) is 22.3 Å². The lowest BCUT2D eigenvalue weighted by Crippen LogP contribution is -2.01. The van der Waals surface area contributed by atoms with Crippen molar-refractivity contribution in [2.24, 2.45) is 0 Å². The number of hydrogen-bond acceptors (Lipinski definition) is 5. The quantitative estimate of drug-likeness (QED) is 0.174. The Balaban J connectivity index is 1.04. The van der Waals surface area contributed by atoms with Crippen molar-refractivity contribution in [3.8, 4) is 56.4 Å². The van der Waals surface area contributed by atoms with Crippen molar-refractivity contribution >= 4 is 76.2 Å². The monoisotopic (exact) mass is 791 g/mol. The van der Waals surface area contributed by atoms with E-state index in [0.717, 1.165) is 110 Å². The van der Waals surface area contributed by atoms with Gasteiger partial charge >= 0.3 is 0 Å². The van der Waals surface area contributed by atoms with Crippen molar-refractivity contribution in [3.05, 3.63) is 200 Å². The normalized spacial score (nSPS) is 11.9. The van der Waals surface area contributed by atoms with E-state index in [4.69, 9.17) is 23.8 Å². The molecule has 0 saturated heterocycles. The largest absolute Gasteiger partial charge is 0.456 e. The molecule has 62 heavy (non-hydrogen) atoms. The van der Waals surface area contributed by atoms with Gasteiger partial charge in [0.25, 0.3) is 0 Å². The molecule has 5 heteroatoms. The minimum Gasteiger partial charge on any atom is -0.456 e. The first-order valence-corrected chi connectivity index (χ1v) is 20.8. The molecular formula is C57H33N3O2. The van der Waals surface area contributed by atoms with Crippen LogP contribution in [0.5, 0.6) is 0 Å². The van der Waals surface area contributed by atoms with Crippen LogP contribution in [0.25, 0.3) is 133 Å². The molecule has 10 aromatic carbocycles. The fraction of sp³-hybridized carbons (Fsp3) is 0. The van der Waals surface area contributed by atoms with E-state index in [9.17, 15) is 0 Å². The number of hydrogen-bond donors (Lipinski definition) is 0. The van der Waals surface area contributed by atoms with Gasteiger partial charge < -0.3 is 8.83 Å². The summed E-state index contributed by atoms with van der Waals surface area (Å²) in [5, 5.41) is 11.0. The molecule has 3 heterocycles. The van der Waals surface area contributed by atoms with Gasteiger partial charge in [0.05, 0.1) is 0 Å². The average molecular weight is 792 g/mol. The minimum atomic E-state index is 0.591. The topological polar surface area (TPSA) is 65.0 Å². The fourth-order valence-electron chi connectivity index (χ4n) is 9.39. The number of nitrogens with zero attached hydrogens (tertiary/aromatic N) is 3. The lowest BCUT2D eigenvalue weighted by Gasteiger charge is -2.15. The Hall–Kier alpha value is -8.41. The summed E-state index contributed by atoms with van der Waals surface area (Å²) in [4.78, 5) is 16.0. The smallest absolute Gasteiger partial charge is 0.164 e. The fourth-order valence-corrected chi connectivity index (χ4v) is 9.39. The molecular weight excluding hydrogens is 759 g/mol. The minimum absolute atomic E-state index is 0.591. The summed E-state index contributed by atoms with van der Waals surface area (Å²) in [5.74, 6) is 1.79. The van der Waals surface area contributed by atoms with Crippen molar-refractivity contribution in [2.45, 2.75) is 0 Å². The van der Waals surface area contributed by atoms with Crippen LogP contribution in [0.2, 0.25) is 0 Å². The molecule has 0 N–H and O–H groups in total. The first kappa shape index (κ1) is 34.5. The third-order valence-corrected chi connectivity index (χ3v) is 12.3. The maximum atomic E-state index is 6.32. The molecule has 0 amide bonds. The van der Waals surface area contributed by atoms with Gasteiger partial charge in [0.2, 0.25) is 0 Å². The van der Waals surface area contributed by atoms with Gasteiger partial charge in [0.15, 0.2) is 17.5 Å². The summed E-state index contributed by atoms with van der Waals surface area (Å²) >= 11 is 0. The van der Waals surface area contributed by atoms with Crippen molar-refractivity contribution in [1.82, 2.24) is 15.0 Å². The molecule has 5 nitrogen and oxygen atoms in total. The standard InChI is InChI=1S/C57H33N3O2/c1-2-13-34(14-3-1)48-32-39(29-36-15-4-5-16-40(36)48)56-58-55(37-26-25-35-31-49-44-19-8-10-22-50(44)62-53(49)33-38(35)30-37)59-57(60-56)46-28-27-43(41-17-6-7-18-42(41)46)45-21-12-24-52-54(45)47-20-9-11-23-51(47)61-52/h1-33H. The van der Waals surface area contributed by atoms with E-state index < -0.39 is 0 Å². The Morgan fingerprint density at radius 1 is 0.258 bits per heavy atom. The highest BCUT2D eigenvalue weighted by Crippen LogP contribution is 2.42. The molecule has 3 aromatic heterocycles. The van der Waals surface area contributed by atoms with Gasteiger partial charge in [-0.15, -0.1) is 0 Å². The second-order valence-electron chi connectivity index (χ2n) is 15.9. The van der Waals surface area contributed by atoms with E-state index in [1.807, 2.05) is 30.3 Å². The van der Waals surface area contributed by atoms with Gasteiger partial charge in [0, 0.05) is 38.2 Å². The number of aromatic nitrogens is 3. The Labute approximate surface area is 355 Å². The lowest BCUT2D eigenvalue weighted by molar-refractivity contribution is 0.669. The number of furan rings is 2. The molecule has 0 aliphatic carbocycles. The highest BCUT2D eigenvalue weighted by atomic mass is 16.3. The third kappa shape index (κ3) is 5.45. The molecule has 0 unspecified atom stereocenters. The van der Waals surface area contributed by atoms with E-state index in [-0.39, 0.29) is 0 Å². The summed E-state index contributed by atoms with van der Waals surface area (Å²) in [6.07, 6.45) is 0. The van der Waals surface area contributed by atoms with Crippen LogP contribution in [0.3, 0.4) is 0 Å². The lowest BCUT2D eigenvalue weighted by atomic mass is 9.92. The van der Waals surface area contributed by atoms with Gasteiger partial charge in [-0.2, -0.15) is 0 Å². The number of fused-ring (bicyclic) bond motifs is 9. The van der Waals surface area contributed by atoms with E-state index in [0.29, 0.717) is 17.5 Å². The third-order valence-electron chi connectivity index (χ3n) is 12.3. The Kier molecular flexibility index (Phi) is 7.54. The first-order chi connectivity index (χ1) is 30.7. The molecule has 0 saturated carbocycles. The first-order valence-electron chi connectivity index (χ1n) is 20.8. The molecule has 0 aliphatic rings. The zero-order valence-corrected chi connectivity index (χ0v) is 33.2. The van der Waals surface area contributed by atoms with Crippen LogP contribution in [0.1, 0.15) is 0 Å². The van der Waals surface area contributed by atoms with Gasteiger partial charge in [-0.1, -0.05) is 146 Å². The SMILES string of the molecule is c1ccc(-c2cc(-c3nc(-c4ccc5cc6c(cc5c4)oc4ccccc46)nc(-c4ccc(-c5cccc6oc7ccccc7c56)c5ccccc45)n3)cc3ccccc23)cc1. The van der Waals surface area contributed by atoms with Crippen molar-refractivity contribution in [2.75, 3.05) is 0 Å². The van der Waals surface area contributed by atoms with Crippen LogP contribution < -0.4 is 0 Å². The van der Waals surface area contributed by atoms with Crippen LogP contribution in [-0.2, 0) is 0 Å². The summed E-state index contributed by atoms with van der Waals surface area (Å²) in [5.41, 5.74) is 10.7. The van der Waals surface area contributed by atoms with E-state index >= 15 is 0 Å². The molecule has 13 rings (SSSR count). The zero-order valence-electron chi connectivity index (χ0n) is 33.2. The van der Waals surface area contributed by atoms with Gasteiger partial charge in [-0.25, -0.2) is 15.0 Å². The maximum absolute atomic E-state index is 6.32. The zero-order chi connectivity index (χ0) is 40.7. The molecule has 288 valence electrons. The van der Waals surface area contributed by atoms with Crippen LogP contribution in [0.15, 0.2) is 209 Å². The second kappa shape index (κ2) is 13.6. The van der Waals surface area contributed by atoms with E-state index in [1.54, 1.807) is 0 Å². The van der Waals surface area contributed by atoms with Crippen LogP contribution in [0.4, 0.5) is 0 Å². The number of para-hydroxylation sites is 2. The number of benzene rings is 10. The highest BCUT2D eigenvalue weighted by molar-refractivity contribution is 6.16. The molecule has 0 spiro atoms. The molecule has 0 fully saturated rings. The summed E-state index contributed by atoms with van der Waals surface area (Å²) in [6, 6.07) is 69.9. The molecule has 0 bridgehead atoms.